The highest BCUT2D eigenvalue weighted by atomic mass is 15.0. The minimum Gasteiger partial charge on any atom is -0.309 e. The van der Waals surface area contributed by atoms with Crippen molar-refractivity contribution in [2.75, 3.05) is 20.6 Å². The summed E-state index contributed by atoms with van der Waals surface area (Å²) in [6, 6.07) is 0. The number of hydrogen-bond donors (Lipinski definition) is 0. The quantitative estimate of drug-likeness (QED) is 0.540. The maximum absolute atomic E-state index is 2.28. The Kier molecular flexibility index (Phi) is 3.88. The lowest BCUT2D eigenvalue weighted by Crippen LogP contribution is -2.18. The topological polar surface area (TPSA) is 3.24 Å². The van der Waals surface area contributed by atoms with Crippen LogP contribution < -0.4 is 0 Å². The van der Waals surface area contributed by atoms with Gasteiger partial charge in [0.2, 0.25) is 0 Å². The molecule has 0 aromatic rings. The van der Waals surface area contributed by atoms with Crippen molar-refractivity contribution in [1.29, 1.82) is 0 Å². The molecule has 0 bridgehead atoms. The van der Waals surface area contributed by atoms with E-state index in [9.17, 15) is 0 Å². The van der Waals surface area contributed by atoms with Crippen molar-refractivity contribution in [2.45, 2.75) is 20.3 Å². The molecular weight excluding hydrogens is 98.1 g/mol. The summed E-state index contributed by atoms with van der Waals surface area (Å²) in [6.07, 6.45) is 1.29. The molecule has 0 saturated carbocycles. The van der Waals surface area contributed by atoms with Crippen molar-refractivity contribution >= 4 is 0 Å². The molecule has 0 N–H and O–H groups in total. The van der Waals surface area contributed by atoms with E-state index in [2.05, 4.69) is 32.8 Å². The van der Waals surface area contributed by atoms with Crippen LogP contribution in [0.1, 0.15) is 20.3 Å². The zero-order chi connectivity index (χ0) is 6.57. The second kappa shape index (κ2) is 3.90. The first kappa shape index (κ1) is 7.96. The average Bonchev–Trinajstić information content (AvgIpc) is 1.65. The van der Waals surface area contributed by atoms with E-state index in [4.69, 9.17) is 0 Å². The van der Waals surface area contributed by atoms with Crippen LogP contribution in [0.3, 0.4) is 0 Å². The second-order valence-electron chi connectivity index (χ2n) is 2.78. The van der Waals surface area contributed by atoms with Crippen molar-refractivity contribution in [3.8, 4) is 0 Å². The highest BCUT2D eigenvalue weighted by Crippen LogP contribution is 1.99. The van der Waals surface area contributed by atoms with Crippen molar-refractivity contribution in [3.05, 3.63) is 0 Å². The van der Waals surface area contributed by atoms with Crippen molar-refractivity contribution in [2.24, 2.45) is 5.92 Å². The standard InChI is InChI=1S/C7H17N/c1-5-7(2)6-8(3)4/h7H,5-6H2,1-4H3/t7-/m1/s1. The number of rotatable bonds is 3. The molecular formula is C7H17N. The van der Waals surface area contributed by atoms with Gasteiger partial charge in [0.15, 0.2) is 0 Å². The zero-order valence-electron chi connectivity index (χ0n) is 6.44. The van der Waals surface area contributed by atoms with Gasteiger partial charge in [-0.2, -0.15) is 0 Å². The van der Waals surface area contributed by atoms with Gasteiger partial charge in [0.1, 0.15) is 0 Å². The van der Waals surface area contributed by atoms with E-state index in [1.807, 2.05) is 0 Å². The lowest BCUT2D eigenvalue weighted by atomic mass is 10.1. The molecule has 0 fully saturated rings. The molecule has 0 unspecified atom stereocenters. The van der Waals surface area contributed by atoms with E-state index in [0.717, 1.165) is 5.92 Å². The van der Waals surface area contributed by atoms with Crippen LogP contribution in [-0.2, 0) is 0 Å². The van der Waals surface area contributed by atoms with Crippen LogP contribution in [0.25, 0.3) is 0 Å². The van der Waals surface area contributed by atoms with E-state index in [-0.39, 0.29) is 0 Å². The van der Waals surface area contributed by atoms with Crippen LogP contribution in [0.4, 0.5) is 0 Å². The summed E-state index contributed by atoms with van der Waals surface area (Å²) >= 11 is 0. The Morgan fingerprint density at radius 3 is 2.00 bits per heavy atom. The fraction of sp³-hybridized carbons (Fsp3) is 1.00. The number of hydrogen-bond acceptors (Lipinski definition) is 1. The maximum atomic E-state index is 2.28. The van der Waals surface area contributed by atoms with E-state index in [1.165, 1.54) is 13.0 Å². The smallest absolute Gasteiger partial charge is 0.0000818 e. The van der Waals surface area contributed by atoms with E-state index in [1.54, 1.807) is 0 Å². The highest BCUT2D eigenvalue weighted by molar-refractivity contribution is 4.51. The van der Waals surface area contributed by atoms with Crippen molar-refractivity contribution in [1.82, 2.24) is 4.90 Å². The molecule has 1 heteroatoms. The third-order valence-electron chi connectivity index (χ3n) is 1.37. The molecule has 1 nitrogen and oxygen atoms in total. The molecule has 0 aliphatic heterocycles. The molecule has 0 aliphatic rings. The van der Waals surface area contributed by atoms with Crippen LogP contribution in [-0.4, -0.2) is 25.5 Å². The van der Waals surface area contributed by atoms with Gasteiger partial charge in [0.05, 0.1) is 0 Å². The van der Waals surface area contributed by atoms with Gasteiger partial charge in [-0.3, -0.25) is 0 Å². The third-order valence-corrected chi connectivity index (χ3v) is 1.37. The van der Waals surface area contributed by atoms with Crippen LogP contribution >= 0.6 is 0 Å². The molecule has 1 atom stereocenters. The summed E-state index contributed by atoms with van der Waals surface area (Å²) in [4.78, 5) is 2.23. The monoisotopic (exact) mass is 115 g/mol. The van der Waals surface area contributed by atoms with E-state index < -0.39 is 0 Å². The third kappa shape index (κ3) is 4.13. The van der Waals surface area contributed by atoms with Gasteiger partial charge in [0.25, 0.3) is 0 Å². The fourth-order valence-corrected chi connectivity index (χ4v) is 0.752. The first-order valence-electron chi connectivity index (χ1n) is 3.31. The van der Waals surface area contributed by atoms with Crippen LogP contribution in [0, 0.1) is 5.92 Å². The van der Waals surface area contributed by atoms with Gasteiger partial charge in [-0.1, -0.05) is 20.3 Å². The molecule has 0 rings (SSSR count). The van der Waals surface area contributed by atoms with Crippen molar-refractivity contribution in [3.63, 3.8) is 0 Å². The highest BCUT2D eigenvalue weighted by Gasteiger charge is 1.97. The van der Waals surface area contributed by atoms with E-state index in [0.29, 0.717) is 0 Å². The van der Waals surface area contributed by atoms with Gasteiger partial charge in [-0.25, -0.2) is 0 Å². The summed E-state index contributed by atoms with van der Waals surface area (Å²) < 4.78 is 0. The Morgan fingerprint density at radius 1 is 1.38 bits per heavy atom. The van der Waals surface area contributed by atoms with Crippen LogP contribution in [0.2, 0.25) is 0 Å². The maximum Gasteiger partial charge on any atom is 0.0000818 e. The predicted octanol–water partition coefficient (Wildman–Crippen LogP) is 1.59. The Balaban J connectivity index is 3.10. The SMILES string of the molecule is CC[C@@H](C)CN(C)C. The molecule has 0 saturated heterocycles. The second-order valence-corrected chi connectivity index (χ2v) is 2.78. The fourth-order valence-electron chi connectivity index (χ4n) is 0.752. The van der Waals surface area contributed by atoms with Gasteiger partial charge in [-0.05, 0) is 20.0 Å². The first-order valence-corrected chi connectivity index (χ1v) is 3.31. The van der Waals surface area contributed by atoms with Gasteiger partial charge >= 0.3 is 0 Å². The van der Waals surface area contributed by atoms with Crippen LogP contribution in [0.5, 0.6) is 0 Å². The molecule has 0 aliphatic carbocycles. The van der Waals surface area contributed by atoms with Gasteiger partial charge in [0, 0.05) is 6.54 Å². The molecule has 0 radical (unpaired) electrons. The Labute approximate surface area is 52.7 Å². The lowest BCUT2D eigenvalue weighted by Gasteiger charge is -2.13. The van der Waals surface area contributed by atoms with Gasteiger partial charge < -0.3 is 4.90 Å². The summed E-state index contributed by atoms with van der Waals surface area (Å²) in [6.45, 7) is 5.73. The van der Waals surface area contributed by atoms with Gasteiger partial charge in [-0.15, -0.1) is 0 Å². The molecule has 50 valence electrons. The molecule has 0 aromatic heterocycles. The zero-order valence-corrected chi connectivity index (χ0v) is 6.44. The minimum absolute atomic E-state index is 0.852. The molecule has 0 heterocycles. The molecule has 0 amide bonds. The Bertz CT molecular complexity index is 50.3. The molecule has 0 aromatic carbocycles. The molecule has 8 heavy (non-hydrogen) atoms. The van der Waals surface area contributed by atoms with Crippen molar-refractivity contribution < 1.29 is 0 Å². The minimum atomic E-state index is 0.852. The summed E-state index contributed by atoms with van der Waals surface area (Å²) in [5, 5.41) is 0. The van der Waals surface area contributed by atoms with E-state index >= 15 is 0 Å². The average molecular weight is 115 g/mol. The summed E-state index contributed by atoms with van der Waals surface area (Å²) in [5.74, 6) is 0.852. The largest absolute Gasteiger partial charge is 0.309 e. The number of nitrogens with zero attached hydrogens (tertiary/aromatic N) is 1. The normalized spacial score (nSPS) is 14.6. The Hall–Kier alpha value is -0.0400. The summed E-state index contributed by atoms with van der Waals surface area (Å²) in [7, 11) is 4.23. The predicted molar refractivity (Wildman–Crippen MR) is 38.0 cm³/mol. The molecule has 0 spiro atoms. The summed E-state index contributed by atoms with van der Waals surface area (Å²) in [5.41, 5.74) is 0. The Morgan fingerprint density at radius 2 is 1.88 bits per heavy atom. The van der Waals surface area contributed by atoms with Crippen LogP contribution in [0.15, 0.2) is 0 Å². The first-order chi connectivity index (χ1) is 3.66. The lowest BCUT2D eigenvalue weighted by molar-refractivity contribution is 0.334.